The summed E-state index contributed by atoms with van der Waals surface area (Å²) in [5.41, 5.74) is 1.34. The third kappa shape index (κ3) is 5.03. The van der Waals surface area contributed by atoms with E-state index in [1.54, 1.807) is 0 Å². The number of rotatable bonds is 3. The van der Waals surface area contributed by atoms with Crippen molar-refractivity contribution >= 4 is 0 Å². The van der Waals surface area contributed by atoms with Gasteiger partial charge in [0.1, 0.15) is 0 Å². The van der Waals surface area contributed by atoms with E-state index in [0.29, 0.717) is 6.04 Å². The second-order valence-electron chi connectivity index (χ2n) is 3.54. The Morgan fingerprint density at radius 3 is 2.46 bits per heavy atom. The van der Waals surface area contributed by atoms with Crippen LogP contribution in [0.5, 0.6) is 0 Å². The minimum absolute atomic E-state index is 0.345. The first-order valence-electron chi connectivity index (χ1n) is 4.81. The van der Waals surface area contributed by atoms with Crippen molar-refractivity contribution in [1.82, 2.24) is 5.32 Å². The van der Waals surface area contributed by atoms with Crippen molar-refractivity contribution in [3.05, 3.63) is 11.6 Å². The van der Waals surface area contributed by atoms with Gasteiger partial charge in [-0.2, -0.15) is 0 Å². The van der Waals surface area contributed by atoms with Crippen molar-refractivity contribution in [2.75, 3.05) is 33.0 Å². The van der Waals surface area contributed by atoms with Crippen molar-refractivity contribution in [1.29, 1.82) is 0 Å². The molecule has 13 heavy (non-hydrogen) atoms. The van der Waals surface area contributed by atoms with E-state index >= 15 is 0 Å². The van der Waals surface area contributed by atoms with Gasteiger partial charge in [0.25, 0.3) is 0 Å². The van der Waals surface area contributed by atoms with Crippen LogP contribution in [0.1, 0.15) is 13.8 Å². The molecule has 0 atom stereocenters. The van der Waals surface area contributed by atoms with Crippen LogP contribution in [0.2, 0.25) is 0 Å². The van der Waals surface area contributed by atoms with Crippen LogP contribution in [0.15, 0.2) is 11.6 Å². The van der Waals surface area contributed by atoms with Gasteiger partial charge in [-0.3, -0.25) is 0 Å². The summed E-state index contributed by atoms with van der Waals surface area (Å²) in [4.78, 5) is 0. The Kier molecular flexibility index (Phi) is 5.05. The van der Waals surface area contributed by atoms with Crippen molar-refractivity contribution in [2.24, 2.45) is 0 Å². The molecule has 0 saturated carbocycles. The summed E-state index contributed by atoms with van der Waals surface area (Å²) in [5.74, 6) is 0. The highest BCUT2D eigenvalue weighted by Crippen LogP contribution is 1.95. The van der Waals surface area contributed by atoms with Crippen LogP contribution in [0.4, 0.5) is 0 Å². The highest BCUT2D eigenvalue weighted by atomic mass is 16.5. The quantitative estimate of drug-likeness (QED) is 0.664. The molecule has 3 heteroatoms. The van der Waals surface area contributed by atoms with Crippen molar-refractivity contribution < 1.29 is 9.47 Å². The van der Waals surface area contributed by atoms with Crippen LogP contribution in [-0.2, 0) is 9.47 Å². The monoisotopic (exact) mass is 185 g/mol. The first-order chi connectivity index (χ1) is 6.29. The number of hydrogen-bond acceptors (Lipinski definition) is 3. The largest absolute Gasteiger partial charge is 0.377 e. The van der Waals surface area contributed by atoms with Gasteiger partial charge in [0.05, 0.1) is 32.5 Å². The molecule has 1 heterocycles. The van der Waals surface area contributed by atoms with Gasteiger partial charge < -0.3 is 14.8 Å². The molecule has 0 radical (unpaired) electrons. The Bertz CT molecular complexity index is 156. The molecule has 0 aromatic heterocycles. The average Bonchev–Trinajstić information content (AvgIpc) is 2.32. The Morgan fingerprint density at radius 1 is 1.31 bits per heavy atom. The normalized spacial score (nSPS) is 19.5. The van der Waals surface area contributed by atoms with Gasteiger partial charge in [-0.25, -0.2) is 0 Å². The fraction of sp³-hybridized carbons (Fsp3) is 0.800. The average molecular weight is 185 g/mol. The van der Waals surface area contributed by atoms with E-state index in [9.17, 15) is 0 Å². The minimum atomic E-state index is 0.345. The molecule has 1 rings (SSSR count). The molecule has 0 aromatic carbocycles. The van der Waals surface area contributed by atoms with Gasteiger partial charge in [-0.1, -0.05) is 11.6 Å². The molecular weight excluding hydrogens is 166 g/mol. The topological polar surface area (TPSA) is 30.5 Å². The van der Waals surface area contributed by atoms with E-state index in [2.05, 4.69) is 25.2 Å². The van der Waals surface area contributed by atoms with Gasteiger partial charge >= 0.3 is 0 Å². The summed E-state index contributed by atoms with van der Waals surface area (Å²) in [7, 11) is 0. The van der Waals surface area contributed by atoms with E-state index in [-0.39, 0.29) is 0 Å². The Balaban J connectivity index is 2.15. The molecule has 0 amide bonds. The molecule has 1 aliphatic rings. The first-order valence-corrected chi connectivity index (χ1v) is 4.81. The summed E-state index contributed by atoms with van der Waals surface area (Å²) >= 11 is 0. The Hall–Kier alpha value is -0.380. The highest BCUT2D eigenvalue weighted by molar-refractivity contribution is 4.94. The zero-order valence-corrected chi connectivity index (χ0v) is 8.51. The summed E-state index contributed by atoms with van der Waals surface area (Å²) in [6.07, 6.45) is 2.17. The summed E-state index contributed by atoms with van der Waals surface area (Å²) < 4.78 is 10.7. The van der Waals surface area contributed by atoms with Gasteiger partial charge in [0.15, 0.2) is 0 Å². The second kappa shape index (κ2) is 6.13. The van der Waals surface area contributed by atoms with Crippen LogP contribution >= 0.6 is 0 Å². The number of nitrogens with one attached hydrogen (secondary N) is 1. The molecule has 1 saturated heterocycles. The minimum Gasteiger partial charge on any atom is -0.377 e. The van der Waals surface area contributed by atoms with Gasteiger partial charge in [-0.15, -0.1) is 0 Å². The van der Waals surface area contributed by atoms with E-state index in [1.165, 1.54) is 5.57 Å². The van der Waals surface area contributed by atoms with Crippen LogP contribution in [-0.4, -0.2) is 39.0 Å². The molecular formula is C10H19NO2. The Morgan fingerprint density at radius 2 is 1.92 bits per heavy atom. The smallest absolute Gasteiger partial charge is 0.0701 e. The second-order valence-corrected chi connectivity index (χ2v) is 3.54. The van der Waals surface area contributed by atoms with Crippen molar-refractivity contribution in [2.45, 2.75) is 19.9 Å². The molecule has 1 fully saturated rings. The first kappa shape index (κ1) is 10.7. The molecule has 76 valence electrons. The molecule has 3 nitrogen and oxygen atoms in total. The van der Waals surface area contributed by atoms with Gasteiger partial charge in [-0.05, 0) is 13.8 Å². The standard InChI is InChI=1S/C10H19NO2/c1-9(2)3-4-11-10-7-12-5-6-13-8-10/h3,10-11H,4-8H2,1-2H3. The SMILES string of the molecule is CC(C)=CCNC1COCCOC1. The van der Waals surface area contributed by atoms with E-state index < -0.39 is 0 Å². The predicted molar refractivity (Wildman–Crippen MR) is 52.9 cm³/mol. The maximum absolute atomic E-state index is 5.36. The van der Waals surface area contributed by atoms with E-state index in [0.717, 1.165) is 33.0 Å². The van der Waals surface area contributed by atoms with Crippen LogP contribution < -0.4 is 5.32 Å². The molecule has 0 aromatic rings. The number of allylic oxidation sites excluding steroid dienone is 1. The Labute approximate surface area is 80.1 Å². The lowest BCUT2D eigenvalue weighted by atomic mass is 10.3. The highest BCUT2D eigenvalue weighted by Gasteiger charge is 2.10. The van der Waals surface area contributed by atoms with Crippen LogP contribution in [0.3, 0.4) is 0 Å². The zero-order chi connectivity index (χ0) is 9.52. The lowest BCUT2D eigenvalue weighted by Crippen LogP contribution is -2.36. The predicted octanol–water partition coefficient (Wildman–Crippen LogP) is 0.958. The zero-order valence-electron chi connectivity index (χ0n) is 8.51. The molecule has 1 aliphatic heterocycles. The third-order valence-corrected chi connectivity index (χ3v) is 1.93. The van der Waals surface area contributed by atoms with Gasteiger partial charge in [0, 0.05) is 6.54 Å². The van der Waals surface area contributed by atoms with Crippen LogP contribution in [0.25, 0.3) is 0 Å². The molecule has 0 unspecified atom stereocenters. The lowest BCUT2D eigenvalue weighted by molar-refractivity contribution is 0.103. The van der Waals surface area contributed by atoms with Gasteiger partial charge in [0.2, 0.25) is 0 Å². The summed E-state index contributed by atoms with van der Waals surface area (Å²) in [5, 5.41) is 3.37. The van der Waals surface area contributed by atoms with Crippen molar-refractivity contribution in [3.8, 4) is 0 Å². The fourth-order valence-electron chi connectivity index (χ4n) is 1.16. The van der Waals surface area contributed by atoms with E-state index in [1.807, 2.05) is 0 Å². The van der Waals surface area contributed by atoms with Crippen LogP contribution in [0, 0.1) is 0 Å². The van der Waals surface area contributed by atoms with Crippen molar-refractivity contribution in [3.63, 3.8) is 0 Å². The molecule has 0 spiro atoms. The summed E-state index contributed by atoms with van der Waals surface area (Å²) in [6, 6.07) is 0.345. The maximum atomic E-state index is 5.36. The molecule has 0 aliphatic carbocycles. The third-order valence-electron chi connectivity index (χ3n) is 1.93. The summed E-state index contributed by atoms with van der Waals surface area (Å²) in [6.45, 7) is 8.07. The number of ether oxygens (including phenoxy) is 2. The van der Waals surface area contributed by atoms with E-state index in [4.69, 9.17) is 9.47 Å². The lowest BCUT2D eigenvalue weighted by Gasteiger charge is -2.13. The molecule has 0 bridgehead atoms. The number of hydrogen-bond donors (Lipinski definition) is 1. The fourth-order valence-corrected chi connectivity index (χ4v) is 1.16. The molecule has 1 N–H and O–H groups in total. The maximum Gasteiger partial charge on any atom is 0.0701 e.